The van der Waals surface area contributed by atoms with E-state index in [1.807, 2.05) is 17.0 Å². The number of hydrogen-bond acceptors (Lipinski definition) is 9. The number of halogens is 4. The van der Waals surface area contributed by atoms with Crippen molar-refractivity contribution >= 4 is 38.5 Å². The topological polar surface area (TPSA) is 67.5 Å². The molecule has 4 aliphatic rings. The Hall–Kier alpha value is -3.28. The molecule has 3 saturated heterocycles. The molecule has 7 rings (SSSR count). The second kappa shape index (κ2) is 16.4. The quantitative estimate of drug-likeness (QED) is 0.121. The maximum absolute atomic E-state index is 15.3. The summed E-state index contributed by atoms with van der Waals surface area (Å²) in [6.45, 7) is 6.97. The lowest BCUT2D eigenvalue weighted by atomic mass is 9.76. The molecule has 4 heterocycles. The third-order valence-electron chi connectivity index (χ3n) is 11.0. The van der Waals surface area contributed by atoms with Gasteiger partial charge in [-0.05, 0) is 68.6 Å². The Balaban J connectivity index is 1.04. The molecule has 8 nitrogen and oxygen atoms in total. The highest BCUT2D eigenvalue weighted by Gasteiger charge is 2.42. The number of methoxy groups -OCH3 is 1. The van der Waals surface area contributed by atoms with Gasteiger partial charge in [0.25, 0.3) is 0 Å². The van der Waals surface area contributed by atoms with Gasteiger partial charge in [0.2, 0.25) is 0 Å². The maximum Gasteiger partial charge on any atom is 0.393 e. The number of fused-ring (bicyclic) bond motifs is 1. The molecule has 52 heavy (non-hydrogen) atoms. The minimum absolute atomic E-state index is 0.0802. The van der Waals surface area contributed by atoms with Crippen molar-refractivity contribution in [3.05, 3.63) is 46.6 Å². The summed E-state index contributed by atoms with van der Waals surface area (Å²) in [5.41, 5.74) is 2.31. The molecule has 3 aliphatic heterocycles. The molecule has 1 aliphatic carbocycles. The molecule has 282 valence electrons. The molecule has 0 amide bonds. The first-order chi connectivity index (χ1) is 25.2. The minimum Gasteiger partial charge on any atom is -0.489 e. The van der Waals surface area contributed by atoms with E-state index < -0.39 is 18.4 Å². The molecule has 1 saturated carbocycles. The summed E-state index contributed by atoms with van der Waals surface area (Å²) >= 11 is 1.30. The molecular formula is C39H48F4N4O4S. The molecule has 0 unspecified atom stereocenters. The van der Waals surface area contributed by atoms with Gasteiger partial charge in [-0.1, -0.05) is 24.0 Å². The van der Waals surface area contributed by atoms with Gasteiger partial charge in [0.15, 0.2) is 0 Å². The minimum atomic E-state index is -4.39. The van der Waals surface area contributed by atoms with Crippen LogP contribution in [0.25, 0.3) is 10.1 Å². The standard InChI is InChI=1S/C39H48F4N4O4S/c1-48-20-21-51-35-23-34(47-16-18-49-19-17-47)31(40)22-33(35)44-13-3-6-36-30(24-39(41,42)43)29-4-2-5-32(37(29)52-36)45-27-7-9-28(10-8-27)46-14-11-38(12-15-46)25-50-26-38/h2,4-5,22-23,27-28,44-45H,7-21,24-26H2,1H3. The number of ether oxygens (including phenoxy) is 4. The molecular weight excluding hydrogens is 697 g/mol. The zero-order chi connectivity index (χ0) is 36.1. The average molecular weight is 745 g/mol. The molecule has 0 radical (unpaired) electrons. The van der Waals surface area contributed by atoms with E-state index in [4.69, 9.17) is 18.9 Å². The highest BCUT2D eigenvalue weighted by Crippen LogP contribution is 2.42. The van der Waals surface area contributed by atoms with Gasteiger partial charge >= 0.3 is 6.18 Å². The van der Waals surface area contributed by atoms with E-state index in [0.717, 1.165) is 62.4 Å². The summed E-state index contributed by atoms with van der Waals surface area (Å²) in [4.78, 5) is 4.96. The number of nitrogens with one attached hydrogen (secondary N) is 2. The summed E-state index contributed by atoms with van der Waals surface area (Å²) in [6.07, 6.45) is 1.27. The number of hydrogen-bond donors (Lipinski definition) is 2. The lowest BCUT2D eigenvalue weighted by molar-refractivity contribution is -0.143. The number of anilines is 3. The molecule has 1 spiro atoms. The molecule has 0 atom stereocenters. The van der Waals surface area contributed by atoms with Crippen LogP contribution in [0.15, 0.2) is 30.3 Å². The van der Waals surface area contributed by atoms with Crippen molar-refractivity contribution < 1.29 is 36.5 Å². The van der Waals surface area contributed by atoms with E-state index in [1.165, 1.54) is 30.2 Å². The van der Waals surface area contributed by atoms with Crippen molar-refractivity contribution in [2.75, 3.05) is 95.0 Å². The number of rotatable bonds is 11. The van der Waals surface area contributed by atoms with Crippen LogP contribution in [-0.2, 0) is 20.6 Å². The predicted octanol–water partition coefficient (Wildman–Crippen LogP) is 7.31. The fourth-order valence-corrected chi connectivity index (χ4v) is 9.13. The van der Waals surface area contributed by atoms with E-state index in [2.05, 4.69) is 27.4 Å². The molecule has 0 bridgehead atoms. The summed E-state index contributed by atoms with van der Waals surface area (Å²) in [5.74, 6) is 6.05. The summed E-state index contributed by atoms with van der Waals surface area (Å²) in [6, 6.07) is 9.45. The highest BCUT2D eigenvalue weighted by molar-refractivity contribution is 7.20. The van der Waals surface area contributed by atoms with Gasteiger partial charge in [0.1, 0.15) is 18.2 Å². The van der Waals surface area contributed by atoms with Crippen LogP contribution in [0.2, 0.25) is 0 Å². The SMILES string of the molecule is COCCOc1cc(N2CCOCC2)c(F)cc1NCC#Cc1sc2c(NC3CCC(N4CCC5(CC4)COC5)CC3)cccc2c1CC(F)(F)F. The van der Waals surface area contributed by atoms with Crippen LogP contribution in [0, 0.1) is 23.1 Å². The Labute approximate surface area is 307 Å². The van der Waals surface area contributed by atoms with E-state index in [9.17, 15) is 13.2 Å². The smallest absolute Gasteiger partial charge is 0.393 e. The fraction of sp³-hybridized carbons (Fsp3) is 0.590. The second-order valence-electron chi connectivity index (χ2n) is 14.5. The van der Waals surface area contributed by atoms with Crippen LogP contribution in [0.4, 0.5) is 34.6 Å². The van der Waals surface area contributed by atoms with E-state index in [0.29, 0.717) is 71.8 Å². The van der Waals surface area contributed by atoms with Crippen molar-refractivity contribution in [1.29, 1.82) is 0 Å². The Morgan fingerprint density at radius 1 is 0.981 bits per heavy atom. The van der Waals surface area contributed by atoms with Crippen LogP contribution >= 0.6 is 11.3 Å². The first kappa shape index (κ1) is 37.1. The first-order valence-corrected chi connectivity index (χ1v) is 19.2. The largest absolute Gasteiger partial charge is 0.489 e. The van der Waals surface area contributed by atoms with Crippen molar-refractivity contribution in [3.63, 3.8) is 0 Å². The van der Waals surface area contributed by atoms with Crippen molar-refractivity contribution in [2.24, 2.45) is 5.41 Å². The summed E-state index contributed by atoms with van der Waals surface area (Å²) in [7, 11) is 1.57. The highest BCUT2D eigenvalue weighted by atomic mass is 32.1. The number of thiophene rings is 1. The third-order valence-corrected chi connectivity index (χ3v) is 12.2. The summed E-state index contributed by atoms with van der Waals surface area (Å²) < 4.78 is 79.7. The van der Waals surface area contributed by atoms with Gasteiger partial charge in [-0.3, -0.25) is 0 Å². The number of likely N-dealkylation sites (tertiary alicyclic amines) is 1. The average Bonchev–Trinajstić information content (AvgIpc) is 3.47. The number of piperidine rings is 1. The molecule has 4 fully saturated rings. The van der Waals surface area contributed by atoms with E-state index in [-0.39, 0.29) is 24.8 Å². The van der Waals surface area contributed by atoms with Gasteiger partial charge in [0, 0.05) is 49.8 Å². The Kier molecular flexibility index (Phi) is 11.7. The van der Waals surface area contributed by atoms with Crippen LogP contribution in [0.1, 0.15) is 49.0 Å². The van der Waals surface area contributed by atoms with Crippen LogP contribution in [0.3, 0.4) is 0 Å². The lowest BCUT2D eigenvalue weighted by Crippen LogP contribution is -2.53. The van der Waals surface area contributed by atoms with Crippen molar-refractivity contribution in [2.45, 2.75) is 63.2 Å². The fourth-order valence-electron chi connectivity index (χ4n) is 7.95. The van der Waals surface area contributed by atoms with Gasteiger partial charge < -0.3 is 39.4 Å². The van der Waals surface area contributed by atoms with Crippen LogP contribution < -0.4 is 20.3 Å². The zero-order valence-corrected chi connectivity index (χ0v) is 30.5. The maximum atomic E-state index is 15.3. The first-order valence-electron chi connectivity index (χ1n) is 18.4. The Morgan fingerprint density at radius 3 is 2.44 bits per heavy atom. The van der Waals surface area contributed by atoms with Crippen molar-refractivity contribution in [3.8, 4) is 17.6 Å². The molecule has 13 heteroatoms. The predicted molar refractivity (Wildman–Crippen MR) is 197 cm³/mol. The molecule has 2 aromatic carbocycles. The zero-order valence-electron chi connectivity index (χ0n) is 29.7. The van der Waals surface area contributed by atoms with Crippen LogP contribution in [0.5, 0.6) is 5.75 Å². The molecule has 1 aromatic heterocycles. The molecule has 3 aromatic rings. The second-order valence-corrected chi connectivity index (χ2v) is 15.5. The van der Waals surface area contributed by atoms with E-state index in [1.54, 1.807) is 19.2 Å². The van der Waals surface area contributed by atoms with E-state index >= 15 is 4.39 Å². The van der Waals surface area contributed by atoms with Gasteiger partial charge in [-0.2, -0.15) is 13.2 Å². The lowest BCUT2D eigenvalue weighted by Gasteiger charge is -2.49. The normalized spacial score (nSPS) is 22.1. The number of nitrogens with zero attached hydrogens (tertiary/aromatic N) is 2. The monoisotopic (exact) mass is 744 g/mol. The Bertz CT molecular complexity index is 1730. The molecule has 2 N–H and O–H groups in total. The number of morpholine rings is 1. The van der Waals surface area contributed by atoms with Gasteiger partial charge in [-0.25, -0.2) is 4.39 Å². The van der Waals surface area contributed by atoms with Gasteiger partial charge in [0.05, 0.1) is 72.6 Å². The third kappa shape index (κ3) is 8.74. The number of alkyl halides is 3. The Morgan fingerprint density at radius 2 is 1.75 bits per heavy atom. The number of benzene rings is 2. The van der Waals surface area contributed by atoms with Crippen LogP contribution in [-0.4, -0.2) is 103 Å². The summed E-state index contributed by atoms with van der Waals surface area (Å²) in [5, 5.41) is 7.40. The van der Waals surface area contributed by atoms with Crippen molar-refractivity contribution in [1.82, 2.24) is 4.90 Å². The van der Waals surface area contributed by atoms with Gasteiger partial charge in [-0.15, -0.1) is 11.3 Å².